The quantitative estimate of drug-likeness (QED) is 0.723. The number of hydrogen-bond donors (Lipinski definition) is 2. The van der Waals surface area contributed by atoms with Gasteiger partial charge in [0.15, 0.2) is 0 Å². The molecule has 0 saturated heterocycles. The van der Waals surface area contributed by atoms with Gasteiger partial charge in [0.2, 0.25) is 5.91 Å². The smallest absolute Gasteiger partial charge is 0.394 e. The highest BCUT2D eigenvalue weighted by atomic mass is 32.1. The summed E-state index contributed by atoms with van der Waals surface area (Å²) < 4.78 is 38.7. The number of thiophene rings is 1. The van der Waals surface area contributed by atoms with Crippen molar-refractivity contribution in [3.05, 3.63) is 33.7 Å². The molecule has 150 valence electrons. The van der Waals surface area contributed by atoms with Crippen LogP contribution >= 0.6 is 11.3 Å². The number of rotatable bonds is 6. The summed E-state index contributed by atoms with van der Waals surface area (Å²) in [5, 5.41) is 4.92. The molecule has 2 atom stereocenters. The monoisotopic (exact) mass is 401 g/mol. The molecular weight excluding hydrogens is 375 g/mol. The molecular formula is C19H26F3N3OS. The lowest BCUT2D eigenvalue weighted by Gasteiger charge is -2.21. The van der Waals surface area contributed by atoms with Crippen LogP contribution < -0.4 is 11.1 Å². The number of carbonyl (C=O) groups is 1. The van der Waals surface area contributed by atoms with Crippen LogP contribution in [0.1, 0.15) is 56.9 Å². The molecule has 2 rings (SSSR count). The van der Waals surface area contributed by atoms with Crippen LogP contribution in [0.5, 0.6) is 0 Å². The molecule has 0 aromatic carbocycles. The molecule has 1 aromatic rings. The normalized spacial score (nSPS) is 21.0. The maximum Gasteiger partial charge on any atom is 0.431 e. The van der Waals surface area contributed by atoms with E-state index in [1.807, 2.05) is 24.4 Å². The largest absolute Gasteiger partial charge is 0.431 e. The van der Waals surface area contributed by atoms with Crippen LogP contribution in [0.3, 0.4) is 0 Å². The lowest BCUT2D eigenvalue weighted by atomic mass is 9.91. The van der Waals surface area contributed by atoms with Gasteiger partial charge >= 0.3 is 6.18 Å². The highest BCUT2D eigenvalue weighted by molar-refractivity contribution is 7.10. The molecule has 1 fully saturated rings. The highest BCUT2D eigenvalue weighted by Gasteiger charge is 2.35. The van der Waals surface area contributed by atoms with E-state index < -0.39 is 11.9 Å². The Morgan fingerprint density at radius 2 is 2.04 bits per heavy atom. The molecule has 0 aliphatic heterocycles. The summed E-state index contributed by atoms with van der Waals surface area (Å²) in [7, 11) is 0. The zero-order valence-corrected chi connectivity index (χ0v) is 16.4. The third-order valence-electron chi connectivity index (χ3n) is 4.71. The minimum atomic E-state index is -4.53. The van der Waals surface area contributed by atoms with Gasteiger partial charge in [-0.05, 0) is 50.5 Å². The molecule has 2 unspecified atom stereocenters. The van der Waals surface area contributed by atoms with Gasteiger partial charge < -0.3 is 11.1 Å². The van der Waals surface area contributed by atoms with Gasteiger partial charge in [0.05, 0.1) is 6.04 Å². The Morgan fingerprint density at radius 1 is 1.33 bits per heavy atom. The van der Waals surface area contributed by atoms with Crippen molar-refractivity contribution >= 4 is 23.0 Å². The first-order chi connectivity index (χ1) is 12.7. The van der Waals surface area contributed by atoms with Gasteiger partial charge in [-0.1, -0.05) is 13.0 Å². The van der Waals surface area contributed by atoms with Gasteiger partial charge in [-0.25, -0.2) is 0 Å². The predicted molar refractivity (Wildman–Crippen MR) is 103 cm³/mol. The molecule has 4 nitrogen and oxygen atoms in total. The van der Waals surface area contributed by atoms with E-state index in [4.69, 9.17) is 5.73 Å². The number of hydrogen-bond acceptors (Lipinski definition) is 4. The van der Waals surface area contributed by atoms with Crippen LogP contribution in [-0.4, -0.2) is 24.3 Å². The number of alkyl halides is 3. The molecule has 3 N–H and O–H groups in total. The van der Waals surface area contributed by atoms with Gasteiger partial charge in [0.1, 0.15) is 5.70 Å². The average Bonchev–Trinajstić information content (AvgIpc) is 3.15. The lowest BCUT2D eigenvalue weighted by Crippen LogP contribution is -2.31. The molecule has 27 heavy (non-hydrogen) atoms. The molecule has 1 aliphatic carbocycles. The molecule has 0 spiro atoms. The topological polar surface area (TPSA) is 67.5 Å². The number of allylic oxidation sites excluding steroid dienone is 2. The van der Waals surface area contributed by atoms with Crippen LogP contribution in [0.25, 0.3) is 0 Å². The SMILES string of the molecule is CC(CCN=C1CCCCC1=C(N)C(F)(F)F)C(=O)NC(C)c1cccs1. The summed E-state index contributed by atoms with van der Waals surface area (Å²) >= 11 is 1.58. The molecule has 0 radical (unpaired) electrons. The predicted octanol–water partition coefficient (Wildman–Crippen LogP) is 4.74. The number of amides is 1. The molecule has 1 amide bonds. The first-order valence-electron chi connectivity index (χ1n) is 9.13. The molecule has 1 aromatic heterocycles. The second kappa shape index (κ2) is 9.39. The van der Waals surface area contributed by atoms with E-state index >= 15 is 0 Å². The van der Waals surface area contributed by atoms with Crippen molar-refractivity contribution in [2.24, 2.45) is 16.6 Å². The molecule has 1 heterocycles. The van der Waals surface area contributed by atoms with Gasteiger partial charge in [-0.15, -0.1) is 11.3 Å². The van der Waals surface area contributed by atoms with Gasteiger partial charge in [0, 0.05) is 28.6 Å². The van der Waals surface area contributed by atoms with E-state index in [9.17, 15) is 18.0 Å². The minimum Gasteiger partial charge on any atom is -0.394 e. The van der Waals surface area contributed by atoms with Gasteiger partial charge in [-0.2, -0.15) is 13.2 Å². The number of halogens is 3. The van der Waals surface area contributed by atoms with Crippen molar-refractivity contribution in [2.45, 2.75) is 58.2 Å². The Morgan fingerprint density at radius 3 is 2.67 bits per heavy atom. The Labute approximate surface area is 161 Å². The van der Waals surface area contributed by atoms with E-state index in [0.29, 0.717) is 37.9 Å². The van der Waals surface area contributed by atoms with E-state index in [0.717, 1.165) is 11.3 Å². The van der Waals surface area contributed by atoms with Crippen LogP contribution in [0.15, 0.2) is 33.8 Å². The van der Waals surface area contributed by atoms with Crippen molar-refractivity contribution in [2.75, 3.05) is 6.54 Å². The van der Waals surface area contributed by atoms with E-state index in [2.05, 4.69) is 10.3 Å². The summed E-state index contributed by atoms with van der Waals surface area (Å²) in [6, 6.07) is 3.84. The summed E-state index contributed by atoms with van der Waals surface area (Å²) in [4.78, 5) is 17.7. The van der Waals surface area contributed by atoms with Crippen molar-refractivity contribution in [3.8, 4) is 0 Å². The number of nitrogens with two attached hydrogens (primary N) is 1. The standard InChI is InChI=1S/C19H26F3N3OS/c1-12(18(26)25-13(2)16-8-5-11-27-16)9-10-24-15-7-4-3-6-14(15)17(23)19(20,21)22/h5,8,11-13H,3-4,6-7,9-10,23H2,1-2H3,(H,25,26). The Bertz CT molecular complexity index is 696. The fraction of sp³-hybridized carbons (Fsp3) is 0.579. The van der Waals surface area contributed by atoms with Crippen molar-refractivity contribution in [1.82, 2.24) is 5.32 Å². The first-order valence-corrected chi connectivity index (χ1v) is 10.0. The number of nitrogens with zero attached hydrogens (tertiary/aromatic N) is 1. The van der Waals surface area contributed by atoms with Crippen molar-refractivity contribution in [3.63, 3.8) is 0 Å². The summed E-state index contributed by atoms with van der Waals surface area (Å²) in [5.41, 5.74) is 4.84. The lowest BCUT2D eigenvalue weighted by molar-refractivity contribution is -0.125. The van der Waals surface area contributed by atoms with E-state index in [-0.39, 0.29) is 23.4 Å². The first kappa shape index (κ1) is 21.5. The van der Waals surface area contributed by atoms with Crippen LogP contribution in [-0.2, 0) is 4.79 Å². The fourth-order valence-electron chi connectivity index (χ4n) is 3.01. The average molecular weight is 401 g/mol. The second-order valence-corrected chi connectivity index (χ2v) is 7.84. The third-order valence-corrected chi connectivity index (χ3v) is 5.77. The molecule has 1 aliphatic rings. The summed E-state index contributed by atoms with van der Waals surface area (Å²) in [5.74, 6) is -0.349. The third kappa shape index (κ3) is 6.09. The Balaban J connectivity index is 1.93. The minimum absolute atomic E-state index is 0.0641. The zero-order chi connectivity index (χ0) is 20.0. The van der Waals surface area contributed by atoms with Crippen LogP contribution in [0, 0.1) is 5.92 Å². The molecule has 0 bridgehead atoms. The van der Waals surface area contributed by atoms with Gasteiger partial charge in [-0.3, -0.25) is 9.79 Å². The number of nitrogens with one attached hydrogen (secondary N) is 1. The maximum atomic E-state index is 12.9. The van der Waals surface area contributed by atoms with Crippen molar-refractivity contribution in [1.29, 1.82) is 0 Å². The Hall–Kier alpha value is -1.83. The van der Waals surface area contributed by atoms with Crippen LogP contribution in [0.4, 0.5) is 13.2 Å². The zero-order valence-electron chi connectivity index (χ0n) is 15.6. The Kier molecular flexibility index (Phi) is 7.47. The second-order valence-electron chi connectivity index (χ2n) is 6.86. The van der Waals surface area contributed by atoms with Crippen molar-refractivity contribution < 1.29 is 18.0 Å². The number of carbonyl (C=O) groups excluding carboxylic acids is 1. The molecule has 8 heteroatoms. The highest BCUT2D eigenvalue weighted by Crippen LogP contribution is 2.31. The van der Waals surface area contributed by atoms with E-state index in [1.165, 1.54) is 0 Å². The maximum absolute atomic E-state index is 12.9. The summed E-state index contributed by atoms with van der Waals surface area (Å²) in [6.45, 7) is 4.04. The van der Waals surface area contributed by atoms with Gasteiger partial charge in [0.25, 0.3) is 0 Å². The van der Waals surface area contributed by atoms with Crippen LogP contribution in [0.2, 0.25) is 0 Å². The fourth-order valence-corrected chi connectivity index (χ4v) is 3.75. The molecule has 1 saturated carbocycles. The van der Waals surface area contributed by atoms with E-state index in [1.54, 1.807) is 18.3 Å². The summed E-state index contributed by atoms with van der Waals surface area (Å²) in [6.07, 6.45) is -1.75. The number of aliphatic imine (C=N–C) groups is 1.